The summed E-state index contributed by atoms with van der Waals surface area (Å²) in [6, 6.07) is 8.80. The summed E-state index contributed by atoms with van der Waals surface area (Å²) in [6.07, 6.45) is 3.53. The fraction of sp³-hybridized carbons (Fsp3) is 0.556. The summed E-state index contributed by atoms with van der Waals surface area (Å²) in [4.78, 5) is 2.50. The molecular weight excluding hydrogens is 324 g/mol. The number of hydrogen-bond acceptors (Lipinski definition) is 2. The smallest absolute Gasteiger partial charge is 0.0511 e. The lowest BCUT2D eigenvalue weighted by molar-refractivity contribution is 0.183. The molecule has 0 radical (unpaired) electrons. The highest BCUT2D eigenvalue weighted by Gasteiger charge is 2.29. The maximum Gasteiger partial charge on any atom is 0.0511 e. The minimum atomic E-state index is 0.105. The topological polar surface area (TPSA) is 29.3 Å². The van der Waals surface area contributed by atoms with Gasteiger partial charge in [-0.3, -0.25) is 4.90 Å². The molecule has 2 atom stereocenters. The Bertz CT molecular complexity index is 514. The van der Waals surface area contributed by atoms with Crippen molar-refractivity contribution in [3.05, 3.63) is 46.0 Å². The molecule has 0 amide bonds. The molecule has 0 spiro atoms. The van der Waals surface area contributed by atoms with Crippen molar-refractivity contribution in [2.45, 2.75) is 46.2 Å². The van der Waals surface area contributed by atoms with Gasteiger partial charge in [-0.05, 0) is 30.4 Å². The summed E-state index contributed by atoms with van der Waals surface area (Å²) >= 11 is 3.68. The molecule has 2 rings (SSSR count). The Hall–Kier alpha value is -0.640. The van der Waals surface area contributed by atoms with E-state index in [1.807, 2.05) is 0 Å². The van der Waals surface area contributed by atoms with Crippen LogP contribution in [0.25, 0.3) is 0 Å². The van der Waals surface area contributed by atoms with Crippen LogP contribution in [0.2, 0.25) is 0 Å². The van der Waals surface area contributed by atoms with Crippen LogP contribution in [0.15, 0.2) is 40.4 Å². The van der Waals surface area contributed by atoms with Crippen molar-refractivity contribution < 1.29 is 0 Å². The van der Waals surface area contributed by atoms with Gasteiger partial charge < -0.3 is 5.73 Å². The standard InChI is InChI=1S/C18H27BrN2/c1-13(20)17(15-7-5-6-8-16(15)19)21-11-9-14(10-12-21)18(2,3)4/h5-9,13,17H,10-12,20H2,1-4H3. The van der Waals surface area contributed by atoms with Crippen molar-refractivity contribution in [1.82, 2.24) is 4.90 Å². The van der Waals surface area contributed by atoms with Crippen LogP contribution >= 0.6 is 15.9 Å². The number of halogens is 1. The first-order valence-electron chi connectivity index (χ1n) is 7.74. The van der Waals surface area contributed by atoms with E-state index in [2.05, 4.69) is 78.9 Å². The molecule has 0 bridgehead atoms. The lowest BCUT2D eigenvalue weighted by atomic mass is 9.82. The number of rotatable bonds is 3. The van der Waals surface area contributed by atoms with Crippen LogP contribution in [0.3, 0.4) is 0 Å². The van der Waals surface area contributed by atoms with E-state index < -0.39 is 0 Å². The summed E-state index contributed by atoms with van der Waals surface area (Å²) < 4.78 is 1.15. The maximum absolute atomic E-state index is 6.31. The number of benzene rings is 1. The van der Waals surface area contributed by atoms with Crippen LogP contribution in [0.4, 0.5) is 0 Å². The molecule has 21 heavy (non-hydrogen) atoms. The Morgan fingerprint density at radius 2 is 1.90 bits per heavy atom. The first kappa shape index (κ1) is 16.7. The molecule has 3 heteroatoms. The number of nitrogens with two attached hydrogens (primary N) is 1. The normalized spacial score (nSPS) is 20.0. The third-order valence-electron chi connectivity index (χ3n) is 4.32. The molecule has 0 saturated heterocycles. The Kier molecular flexibility index (Phi) is 5.29. The first-order chi connectivity index (χ1) is 9.80. The molecule has 1 aliphatic rings. The van der Waals surface area contributed by atoms with Gasteiger partial charge in [-0.25, -0.2) is 0 Å². The maximum atomic E-state index is 6.31. The van der Waals surface area contributed by atoms with Crippen LogP contribution in [0, 0.1) is 5.41 Å². The van der Waals surface area contributed by atoms with Gasteiger partial charge in [0.25, 0.3) is 0 Å². The van der Waals surface area contributed by atoms with E-state index in [-0.39, 0.29) is 17.5 Å². The van der Waals surface area contributed by atoms with Gasteiger partial charge in [0.05, 0.1) is 6.04 Å². The molecule has 0 aliphatic carbocycles. The highest BCUT2D eigenvalue weighted by atomic mass is 79.9. The molecule has 116 valence electrons. The third-order valence-corrected chi connectivity index (χ3v) is 5.04. The molecule has 0 saturated carbocycles. The first-order valence-corrected chi connectivity index (χ1v) is 8.53. The average Bonchev–Trinajstić information content (AvgIpc) is 2.40. The summed E-state index contributed by atoms with van der Waals surface area (Å²) in [6.45, 7) is 11.1. The van der Waals surface area contributed by atoms with Gasteiger partial charge in [0, 0.05) is 23.6 Å². The molecule has 1 aromatic carbocycles. The van der Waals surface area contributed by atoms with Crippen molar-refractivity contribution in [2.24, 2.45) is 11.1 Å². The van der Waals surface area contributed by atoms with Crippen molar-refractivity contribution in [1.29, 1.82) is 0 Å². The van der Waals surface area contributed by atoms with E-state index in [1.165, 1.54) is 5.56 Å². The Morgan fingerprint density at radius 1 is 1.24 bits per heavy atom. The zero-order valence-corrected chi connectivity index (χ0v) is 15.2. The van der Waals surface area contributed by atoms with Crippen LogP contribution in [0.1, 0.15) is 45.7 Å². The fourth-order valence-electron chi connectivity index (χ4n) is 3.15. The van der Waals surface area contributed by atoms with Gasteiger partial charge in [-0.1, -0.05) is 66.5 Å². The van der Waals surface area contributed by atoms with Crippen LogP contribution < -0.4 is 5.73 Å². The molecule has 2 N–H and O–H groups in total. The largest absolute Gasteiger partial charge is 0.326 e. The molecule has 1 aliphatic heterocycles. The minimum absolute atomic E-state index is 0.105. The SMILES string of the molecule is CC(N)C(c1ccccc1Br)N1CC=C(C(C)(C)C)CC1. The summed E-state index contributed by atoms with van der Waals surface area (Å²) in [5, 5.41) is 0. The van der Waals surface area contributed by atoms with Gasteiger partial charge >= 0.3 is 0 Å². The van der Waals surface area contributed by atoms with Crippen molar-refractivity contribution in [3.63, 3.8) is 0 Å². The zero-order valence-electron chi connectivity index (χ0n) is 13.6. The van der Waals surface area contributed by atoms with Gasteiger partial charge in [0.1, 0.15) is 0 Å². The summed E-state index contributed by atoms with van der Waals surface area (Å²) in [5.41, 5.74) is 9.44. The van der Waals surface area contributed by atoms with E-state index in [9.17, 15) is 0 Å². The van der Waals surface area contributed by atoms with E-state index >= 15 is 0 Å². The predicted octanol–water partition coefficient (Wildman–Crippen LogP) is 4.52. The second kappa shape index (κ2) is 6.64. The monoisotopic (exact) mass is 350 g/mol. The second-order valence-corrected chi connectivity index (χ2v) is 7.90. The zero-order chi connectivity index (χ0) is 15.6. The Morgan fingerprint density at radius 3 is 2.38 bits per heavy atom. The van der Waals surface area contributed by atoms with E-state index in [4.69, 9.17) is 5.73 Å². The summed E-state index contributed by atoms with van der Waals surface area (Å²) in [7, 11) is 0. The van der Waals surface area contributed by atoms with Crippen LogP contribution in [-0.4, -0.2) is 24.0 Å². The highest BCUT2D eigenvalue weighted by Crippen LogP contribution is 2.35. The lowest BCUT2D eigenvalue weighted by Crippen LogP contribution is -2.42. The lowest BCUT2D eigenvalue weighted by Gasteiger charge is -2.39. The van der Waals surface area contributed by atoms with Gasteiger partial charge in [0.2, 0.25) is 0 Å². The molecular formula is C18H27BrN2. The number of nitrogens with zero attached hydrogens (tertiary/aromatic N) is 1. The van der Waals surface area contributed by atoms with Gasteiger partial charge in [-0.2, -0.15) is 0 Å². The fourth-order valence-corrected chi connectivity index (χ4v) is 3.67. The quantitative estimate of drug-likeness (QED) is 0.812. The molecule has 0 aromatic heterocycles. The van der Waals surface area contributed by atoms with Crippen LogP contribution in [-0.2, 0) is 0 Å². The summed E-state index contributed by atoms with van der Waals surface area (Å²) in [5.74, 6) is 0. The third kappa shape index (κ3) is 3.97. The second-order valence-electron chi connectivity index (χ2n) is 7.05. The molecule has 2 nitrogen and oxygen atoms in total. The Labute approximate surface area is 137 Å². The van der Waals surface area contributed by atoms with Gasteiger partial charge in [-0.15, -0.1) is 0 Å². The highest BCUT2D eigenvalue weighted by molar-refractivity contribution is 9.10. The molecule has 2 unspecified atom stereocenters. The molecule has 0 fully saturated rings. The van der Waals surface area contributed by atoms with Gasteiger partial charge in [0.15, 0.2) is 0 Å². The number of hydrogen-bond donors (Lipinski definition) is 1. The van der Waals surface area contributed by atoms with Crippen LogP contribution in [0.5, 0.6) is 0 Å². The van der Waals surface area contributed by atoms with E-state index in [0.717, 1.165) is 24.0 Å². The van der Waals surface area contributed by atoms with E-state index in [1.54, 1.807) is 5.57 Å². The molecule has 1 aromatic rings. The minimum Gasteiger partial charge on any atom is -0.326 e. The predicted molar refractivity (Wildman–Crippen MR) is 94.3 cm³/mol. The van der Waals surface area contributed by atoms with Crippen molar-refractivity contribution in [2.75, 3.05) is 13.1 Å². The Balaban J connectivity index is 2.23. The average molecular weight is 351 g/mol. The van der Waals surface area contributed by atoms with Crippen molar-refractivity contribution >= 4 is 15.9 Å². The van der Waals surface area contributed by atoms with E-state index in [0.29, 0.717) is 0 Å². The van der Waals surface area contributed by atoms with Crippen molar-refractivity contribution in [3.8, 4) is 0 Å². The molecule has 1 heterocycles.